The van der Waals surface area contributed by atoms with Crippen LogP contribution in [0.3, 0.4) is 0 Å². The van der Waals surface area contributed by atoms with E-state index >= 15 is 0 Å². The Kier molecular flexibility index (Phi) is 5.78. The fourth-order valence-corrected chi connectivity index (χ4v) is 4.53. The van der Waals surface area contributed by atoms with Gasteiger partial charge in [-0.2, -0.15) is 10.4 Å². The van der Waals surface area contributed by atoms with Crippen molar-refractivity contribution in [3.05, 3.63) is 60.0 Å². The molecule has 1 aromatic carbocycles. The van der Waals surface area contributed by atoms with Gasteiger partial charge in [-0.15, -0.1) is 0 Å². The zero-order chi connectivity index (χ0) is 21.9. The second-order valence-corrected chi connectivity index (χ2v) is 8.75. The number of anilines is 1. The van der Waals surface area contributed by atoms with Crippen LogP contribution in [0.4, 0.5) is 5.69 Å². The Bertz CT molecular complexity index is 1110. The Morgan fingerprint density at radius 3 is 2.78 bits per heavy atom. The summed E-state index contributed by atoms with van der Waals surface area (Å²) in [4.78, 5) is 4.61. The number of pyridine rings is 1. The average Bonchev–Trinajstić information content (AvgIpc) is 3.23. The van der Waals surface area contributed by atoms with Crippen LogP contribution in [0.25, 0.3) is 11.1 Å². The molecule has 32 heavy (non-hydrogen) atoms. The summed E-state index contributed by atoms with van der Waals surface area (Å²) >= 11 is 0. The first-order valence-corrected chi connectivity index (χ1v) is 11.3. The highest BCUT2D eigenvalue weighted by Crippen LogP contribution is 2.36. The molecule has 1 aliphatic heterocycles. The minimum absolute atomic E-state index is 0.0468. The number of aryl methyl sites for hydroxylation is 1. The summed E-state index contributed by atoms with van der Waals surface area (Å²) in [7, 11) is 1.91. The van der Waals surface area contributed by atoms with E-state index < -0.39 is 0 Å². The SMILES string of the molecule is Cn1cc(-c2cnc3c(c2)NC[C@H](C(NCCc2ccc(C#N)cc2)C2CCC2)O3)cn1. The predicted octanol–water partition coefficient (Wildman–Crippen LogP) is 3.53. The van der Waals surface area contributed by atoms with Gasteiger partial charge in [0.1, 0.15) is 6.10 Å². The molecule has 164 valence electrons. The van der Waals surface area contributed by atoms with Gasteiger partial charge >= 0.3 is 0 Å². The first-order valence-electron chi connectivity index (χ1n) is 11.3. The van der Waals surface area contributed by atoms with Gasteiger partial charge in [0.25, 0.3) is 0 Å². The largest absolute Gasteiger partial charge is 0.469 e. The molecule has 2 aromatic heterocycles. The molecular weight excluding hydrogens is 400 g/mol. The van der Waals surface area contributed by atoms with Crippen LogP contribution in [0, 0.1) is 17.2 Å². The van der Waals surface area contributed by atoms with Crippen LogP contribution < -0.4 is 15.4 Å². The van der Waals surface area contributed by atoms with E-state index in [0.717, 1.165) is 36.3 Å². The van der Waals surface area contributed by atoms with Gasteiger partial charge in [0.2, 0.25) is 5.88 Å². The molecule has 1 aliphatic carbocycles. The number of aromatic nitrogens is 3. The number of benzene rings is 1. The number of nitrogens with one attached hydrogen (secondary N) is 2. The van der Waals surface area contributed by atoms with Gasteiger partial charge in [-0.25, -0.2) is 4.98 Å². The smallest absolute Gasteiger partial charge is 0.237 e. The van der Waals surface area contributed by atoms with Gasteiger partial charge < -0.3 is 15.4 Å². The minimum Gasteiger partial charge on any atom is -0.469 e. The van der Waals surface area contributed by atoms with Crippen molar-refractivity contribution < 1.29 is 4.74 Å². The zero-order valence-electron chi connectivity index (χ0n) is 18.3. The zero-order valence-corrected chi connectivity index (χ0v) is 18.3. The second kappa shape index (κ2) is 9.01. The molecule has 7 heteroatoms. The van der Waals surface area contributed by atoms with Gasteiger partial charge in [0.15, 0.2) is 0 Å². The van der Waals surface area contributed by atoms with Crippen molar-refractivity contribution in [2.75, 3.05) is 18.4 Å². The summed E-state index contributed by atoms with van der Waals surface area (Å²) in [5.74, 6) is 1.31. The van der Waals surface area contributed by atoms with Crippen molar-refractivity contribution in [3.63, 3.8) is 0 Å². The van der Waals surface area contributed by atoms with E-state index in [2.05, 4.69) is 32.9 Å². The molecule has 2 N–H and O–H groups in total. The Balaban J connectivity index is 1.24. The molecule has 0 amide bonds. The predicted molar refractivity (Wildman–Crippen MR) is 123 cm³/mol. The molecule has 1 saturated carbocycles. The molecule has 2 aliphatic rings. The van der Waals surface area contributed by atoms with Crippen molar-refractivity contribution in [3.8, 4) is 23.1 Å². The lowest BCUT2D eigenvalue weighted by Gasteiger charge is -2.41. The number of hydrogen-bond acceptors (Lipinski definition) is 6. The van der Waals surface area contributed by atoms with Crippen molar-refractivity contribution in [1.82, 2.24) is 20.1 Å². The van der Waals surface area contributed by atoms with E-state index in [-0.39, 0.29) is 6.10 Å². The molecule has 1 unspecified atom stereocenters. The maximum atomic E-state index is 8.97. The summed E-state index contributed by atoms with van der Waals surface area (Å²) in [6.07, 6.45) is 10.5. The fourth-order valence-electron chi connectivity index (χ4n) is 4.53. The highest BCUT2D eigenvalue weighted by molar-refractivity contribution is 5.69. The summed E-state index contributed by atoms with van der Waals surface area (Å²) < 4.78 is 8.18. The Hall–Kier alpha value is -3.37. The molecule has 0 spiro atoms. The van der Waals surface area contributed by atoms with Gasteiger partial charge in [-0.05, 0) is 55.5 Å². The average molecular weight is 429 g/mol. The third-order valence-corrected chi connectivity index (χ3v) is 6.58. The molecule has 1 fully saturated rings. The van der Waals surface area contributed by atoms with Gasteiger partial charge in [0, 0.05) is 36.6 Å². The third kappa shape index (κ3) is 4.32. The van der Waals surface area contributed by atoms with Crippen molar-refractivity contribution >= 4 is 5.69 Å². The first kappa shape index (κ1) is 20.5. The number of rotatable bonds is 7. The van der Waals surface area contributed by atoms with Crippen LogP contribution in [-0.2, 0) is 13.5 Å². The molecule has 2 atom stereocenters. The highest BCUT2D eigenvalue weighted by atomic mass is 16.5. The summed E-state index contributed by atoms with van der Waals surface area (Å²) in [5, 5.41) is 20.5. The van der Waals surface area contributed by atoms with Crippen LogP contribution in [0.5, 0.6) is 5.88 Å². The lowest BCUT2D eigenvalue weighted by Crippen LogP contribution is -2.54. The number of fused-ring (bicyclic) bond motifs is 1. The summed E-state index contributed by atoms with van der Waals surface area (Å²) in [6.45, 7) is 1.64. The number of hydrogen-bond donors (Lipinski definition) is 2. The Morgan fingerprint density at radius 2 is 2.09 bits per heavy atom. The topological polar surface area (TPSA) is 87.8 Å². The van der Waals surface area contributed by atoms with Crippen LogP contribution >= 0.6 is 0 Å². The summed E-state index contributed by atoms with van der Waals surface area (Å²) in [5.41, 5.74) is 4.95. The first-order chi connectivity index (χ1) is 15.7. The molecule has 0 saturated heterocycles. The lowest BCUT2D eigenvalue weighted by molar-refractivity contribution is 0.0883. The van der Waals surface area contributed by atoms with Crippen LogP contribution in [-0.4, -0.2) is 40.0 Å². The Morgan fingerprint density at radius 1 is 1.25 bits per heavy atom. The van der Waals surface area contributed by atoms with E-state index in [1.807, 2.05) is 49.9 Å². The van der Waals surface area contributed by atoms with Crippen LogP contribution in [0.2, 0.25) is 0 Å². The maximum absolute atomic E-state index is 8.97. The molecule has 0 bridgehead atoms. The molecule has 0 radical (unpaired) electrons. The van der Waals surface area contributed by atoms with Crippen LogP contribution in [0.1, 0.15) is 30.4 Å². The van der Waals surface area contributed by atoms with Gasteiger partial charge in [-0.1, -0.05) is 18.6 Å². The molecule has 7 nitrogen and oxygen atoms in total. The monoisotopic (exact) mass is 428 g/mol. The van der Waals surface area contributed by atoms with Gasteiger partial charge in [-0.3, -0.25) is 4.68 Å². The molecule has 3 heterocycles. The highest BCUT2D eigenvalue weighted by Gasteiger charge is 2.36. The molecule has 5 rings (SSSR count). The quantitative estimate of drug-likeness (QED) is 0.599. The fraction of sp³-hybridized carbons (Fsp3) is 0.400. The number of nitriles is 1. The van der Waals surface area contributed by atoms with Crippen molar-refractivity contribution in [2.45, 2.75) is 37.8 Å². The second-order valence-electron chi connectivity index (χ2n) is 8.75. The summed E-state index contributed by atoms with van der Waals surface area (Å²) in [6, 6.07) is 12.4. The standard InChI is InChI=1S/C25H28N6O/c1-31-16-21(14-30-31)20-11-22-25(29-13-20)32-23(15-28-22)24(19-3-2-4-19)27-10-9-17-5-7-18(12-26)8-6-17/h5-8,11,13-14,16,19,23-24,27-28H,2-4,9-10,15H2,1H3/t23-,24?/m1/s1. The van der Waals surface area contributed by atoms with E-state index in [0.29, 0.717) is 23.4 Å². The van der Waals surface area contributed by atoms with Crippen LogP contribution in [0.15, 0.2) is 48.9 Å². The maximum Gasteiger partial charge on any atom is 0.237 e. The lowest BCUT2D eigenvalue weighted by atomic mass is 9.77. The molecular formula is C25H28N6O. The van der Waals surface area contributed by atoms with E-state index in [1.54, 1.807) is 4.68 Å². The number of nitrogens with zero attached hydrogens (tertiary/aromatic N) is 4. The van der Waals surface area contributed by atoms with E-state index in [4.69, 9.17) is 10.00 Å². The van der Waals surface area contributed by atoms with Crippen molar-refractivity contribution in [2.24, 2.45) is 13.0 Å². The number of ether oxygens (including phenoxy) is 1. The van der Waals surface area contributed by atoms with Gasteiger partial charge in [0.05, 0.1) is 30.1 Å². The minimum atomic E-state index is 0.0468. The molecule has 3 aromatic rings. The normalized spacial score (nSPS) is 18.6. The van der Waals surface area contributed by atoms with E-state index in [1.165, 1.54) is 24.8 Å². The van der Waals surface area contributed by atoms with Crippen molar-refractivity contribution in [1.29, 1.82) is 5.26 Å². The van der Waals surface area contributed by atoms with E-state index in [9.17, 15) is 0 Å². The Labute approximate surface area is 188 Å². The third-order valence-electron chi connectivity index (χ3n) is 6.58.